The Morgan fingerprint density at radius 2 is 0.826 bits per heavy atom. The van der Waals surface area contributed by atoms with E-state index in [9.17, 15) is 45.6 Å². The van der Waals surface area contributed by atoms with Crippen LogP contribution in [-0.2, 0) is 23.7 Å². The molecule has 0 aliphatic carbocycles. The van der Waals surface area contributed by atoms with Crippen molar-refractivity contribution >= 4 is 5.91 Å². The van der Waals surface area contributed by atoms with E-state index in [0.717, 1.165) is 51.4 Å². The molecule has 2 aliphatic rings. The molecule has 0 aromatic carbocycles. The zero-order valence-corrected chi connectivity index (χ0v) is 43.8. The first-order valence-corrected chi connectivity index (χ1v) is 28.8. The average molecular weight is 990 g/mol. The molecule has 0 spiro atoms. The van der Waals surface area contributed by atoms with Gasteiger partial charge in [0.2, 0.25) is 5.91 Å². The summed E-state index contributed by atoms with van der Waals surface area (Å²) in [6.07, 6.45) is 28.4. The molecule has 0 aromatic heterocycles. The van der Waals surface area contributed by atoms with E-state index in [2.05, 4.69) is 19.2 Å². The summed E-state index contributed by atoms with van der Waals surface area (Å²) >= 11 is 0. The topological polar surface area (TPSA) is 228 Å². The highest BCUT2D eigenvalue weighted by Crippen LogP contribution is 2.30. The molecule has 2 fully saturated rings. The van der Waals surface area contributed by atoms with Gasteiger partial charge >= 0.3 is 0 Å². The van der Waals surface area contributed by atoms with Crippen molar-refractivity contribution in [2.24, 2.45) is 0 Å². The van der Waals surface area contributed by atoms with Gasteiger partial charge in [-0.1, -0.05) is 232 Å². The van der Waals surface area contributed by atoms with Crippen molar-refractivity contribution in [2.75, 3.05) is 19.8 Å². The maximum Gasteiger partial charge on any atom is 0.220 e. The maximum absolute atomic E-state index is 13.2. The molecule has 12 atom stereocenters. The molecule has 9 N–H and O–H groups in total. The highest BCUT2D eigenvalue weighted by atomic mass is 16.7. The number of aliphatic hydroxyl groups excluding tert-OH is 8. The maximum atomic E-state index is 13.2. The largest absolute Gasteiger partial charge is 0.394 e. The first kappa shape index (κ1) is 64.1. The summed E-state index contributed by atoms with van der Waals surface area (Å²) in [6, 6.07) is -0.820. The Labute approximate surface area is 419 Å². The quantitative estimate of drug-likeness (QED) is 0.0260. The standard InChI is InChI=1S/C55H107NO13/c1-3-5-7-9-11-13-15-16-17-18-19-20-21-22-23-24-25-26-27-28-29-31-33-35-37-39-47(60)56-43(44(59)38-36-34-32-30-14-12-10-8-6-4-2)42-66-54-52(65)50(63)53(46(41-58)68-54)69-55-51(64)49(62)48(61)45(40-57)67-55/h43-46,48-55,57-59,61-65H,3-42H2,1-2H3,(H,56,60)/t43-,44+,45+,46+,48-,49?,50?,51?,52?,53+,54+,55-/m0/s1. The van der Waals surface area contributed by atoms with Crippen LogP contribution in [0.25, 0.3) is 0 Å². The molecule has 0 bridgehead atoms. The predicted molar refractivity (Wildman–Crippen MR) is 272 cm³/mol. The molecule has 14 nitrogen and oxygen atoms in total. The first-order valence-electron chi connectivity index (χ1n) is 28.8. The number of carbonyl (C=O) groups excluding carboxylic acids is 1. The first-order chi connectivity index (χ1) is 33.6. The van der Waals surface area contributed by atoms with Gasteiger partial charge < -0.3 is 65.1 Å². The number of unbranched alkanes of at least 4 members (excludes halogenated alkanes) is 33. The molecular formula is C55H107NO13. The summed E-state index contributed by atoms with van der Waals surface area (Å²) in [4.78, 5) is 13.2. The van der Waals surface area contributed by atoms with Crippen LogP contribution in [0.4, 0.5) is 0 Å². The molecule has 410 valence electrons. The number of amides is 1. The zero-order valence-electron chi connectivity index (χ0n) is 43.8. The van der Waals surface area contributed by atoms with Crippen molar-refractivity contribution in [3.63, 3.8) is 0 Å². The van der Waals surface area contributed by atoms with Gasteiger partial charge in [0.25, 0.3) is 0 Å². The van der Waals surface area contributed by atoms with Crippen LogP contribution in [0, 0.1) is 0 Å². The lowest BCUT2D eigenvalue weighted by atomic mass is 9.97. The highest BCUT2D eigenvalue weighted by molar-refractivity contribution is 5.76. The van der Waals surface area contributed by atoms with Crippen molar-refractivity contribution in [2.45, 2.75) is 325 Å². The van der Waals surface area contributed by atoms with Gasteiger partial charge in [0.05, 0.1) is 32.0 Å². The SMILES string of the molecule is CCCCCCCCCCCCCCCCCCCCCCCCCCCC(=O)N[C@@H](CO[C@@H]1O[C@H](CO)[C@@H](O[C@@H]2O[C@H](CO)[C@H](O)C(O)C2O)C(O)C1O)[C@H](O)CCCCCCCCCCCC. The van der Waals surface area contributed by atoms with Gasteiger partial charge in [0.1, 0.15) is 48.8 Å². The lowest BCUT2D eigenvalue weighted by Gasteiger charge is -2.46. The van der Waals surface area contributed by atoms with Gasteiger partial charge in [0.15, 0.2) is 12.6 Å². The van der Waals surface area contributed by atoms with Crippen molar-refractivity contribution in [1.29, 1.82) is 0 Å². The number of ether oxygens (including phenoxy) is 4. The summed E-state index contributed by atoms with van der Waals surface area (Å²) in [5, 5.41) is 86.9. The second-order valence-corrected chi connectivity index (χ2v) is 20.8. The minimum Gasteiger partial charge on any atom is -0.394 e. The Morgan fingerprint density at radius 1 is 0.464 bits per heavy atom. The van der Waals surface area contributed by atoms with Gasteiger partial charge in [-0.15, -0.1) is 0 Å². The summed E-state index contributed by atoms with van der Waals surface area (Å²) < 4.78 is 22.8. The Balaban J connectivity index is 1.68. The normalized spacial score (nSPS) is 26.1. The minimum absolute atomic E-state index is 0.203. The summed E-state index contributed by atoms with van der Waals surface area (Å²) in [5.74, 6) is -0.203. The van der Waals surface area contributed by atoms with Crippen LogP contribution in [0.2, 0.25) is 0 Å². The van der Waals surface area contributed by atoms with Crippen LogP contribution in [-0.4, -0.2) is 140 Å². The van der Waals surface area contributed by atoms with Gasteiger partial charge in [-0.3, -0.25) is 4.79 Å². The molecule has 4 unspecified atom stereocenters. The molecule has 69 heavy (non-hydrogen) atoms. The van der Waals surface area contributed by atoms with E-state index in [0.29, 0.717) is 12.8 Å². The average Bonchev–Trinajstić information content (AvgIpc) is 3.35. The van der Waals surface area contributed by atoms with E-state index in [4.69, 9.17) is 18.9 Å². The van der Waals surface area contributed by atoms with Gasteiger partial charge in [0, 0.05) is 6.42 Å². The smallest absolute Gasteiger partial charge is 0.220 e. The van der Waals surface area contributed by atoms with Crippen molar-refractivity contribution < 1.29 is 64.6 Å². The second kappa shape index (κ2) is 42.4. The van der Waals surface area contributed by atoms with Crippen molar-refractivity contribution in [1.82, 2.24) is 5.32 Å². The molecule has 0 radical (unpaired) electrons. The fourth-order valence-electron chi connectivity index (χ4n) is 9.89. The lowest BCUT2D eigenvalue weighted by Crippen LogP contribution is -2.65. The Kier molecular flexibility index (Phi) is 39.4. The summed E-state index contributed by atoms with van der Waals surface area (Å²) in [5.41, 5.74) is 0. The number of hydrogen-bond acceptors (Lipinski definition) is 13. The van der Waals surface area contributed by atoms with Crippen LogP contribution >= 0.6 is 0 Å². The number of carbonyl (C=O) groups is 1. The van der Waals surface area contributed by atoms with Crippen LogP contribution in [0.3, 0.4) is 0 Å². The fraction of sp³-hybridized carbons (Fsp3) is 0.982. The number of rotatable bonds is 46. The molecule has 2 aliphatic heterocycles. The molecule has 2 rings (SSSR count). The zero-order chi connectivity index (χ0) is 50.3. The molecule has 2 heterocycles. The number of aliphatic hydroxyl groups is 8. The Morgan fingerprint density at radius 3 is 1.23 bits per heavy atom. The molecule has 1 amide bonds. The molecular weight excluding hydrogens is 883 g/mol. The van der Waals surface area contributed by atoms with Crippen molar-refractivity contribution in [3.8, 4) is 0 Å². The third-order valence-electron chi connectivity index (χ3n) is 14.6. The number of nitrogens with one attached hydrogen (secondary N) is 1. The van der Waals surface area contributed by atoms with E-state index in [1.807, 2.05) is 0 Å². The highest BCUT2D eigenvalue weighted by Gasteiger charge is 2.51. The Bertz CT molecular complexity index is 1170. The minimum atomic E-state index is -1.78. The van der Waals surface area contributed by atoms with Crippen LogP contribution < -0.4 is 5.32 Å². The molecule has 14 heteroatoms. The predicted octanol–water partition coefficient (Wildman–Crippen LogP) is 8.95. The van der Waals surface area contributed by atoms with E-state index in [1.54, 1.807) is 0 Å². The van der Waals surface area contributed by atoms with Gasteiger partial charge in [-0.25, -0.2) is 0 Å². The van der Waals surface area contributed by atoms with E-state index < -0.39 is 86.8 Å². The van der Waals surface area contributed by atoms with Crippen LogP contribution in [0.5, 0.6) is 0 Å². The third kappa shape index (κ3) is 28.9. The van der Waals surface area contributed by atoms with E-state index >= 15 is 0 Å². The number of hydrogen-bond donors (Lipinski definition) is 9. The van der Waals surface area contributed by atoms with Gasteiger partial charge in [-0.05, 0) is 12.8 Å². The van der Waals surface area contributed by atoms with Crippen LogP contribution in [0.15, 0.2) is 0 Å². The lowest BCUT2D eigenvalue weighted by molar-refractivity contribution is -0.359. The third-order valence-corrected chi connectivity index (χ3v) is 14.6. The molecule has 0 aromatic rings. The molecule has 2 saturated heterocycles. The van der Waals surface area contributed by atoms with Crippen LogP contribution in [0.1, 0.15) is 251 Å². The second-order valence-electron chi connectivity index (χ2n) is 20.8. The van der Waals surface area contributed by atoms with Crippen molar-refractivity contribution in [3.05, 3.63) is 0 Å². The molecule has 0 saturated carbocycles. The van der Waals surface area contributed by atoms with E-state index in [-0.39, 0.29) is 12.5 Å². The van der Waals surface area contributed by atoms with Gasteiger partial charge in [-0.2, -0.15) is 0 Å². The fourth-order valence-corrected chi connectivity index (χ4v) is 9.89. The monoisotopic (exact) mass is 990 g/mol. The van der Waals surface area contributed by atoms with E-state index in [1.165, 1.54) is 173 Å². The summed E-state index contributed by atoms with van der Waals surface area (Å²) in [7, 11) is 0. The summed E-state index contributed by atoms with van der Waals surface area (Å²) in [6.45, 7) is 2.86. The Hall–Kier alpha value is -1.01.